The van der Waals surface area contributed by atoms with Gasteiger partial charge in [-0.2, -0.15) is 13.2 Å². The van der Waals surface area contributed by atoms with Crippen LogP contribution in [-0.2, 0) is 17.5 Å². The first kappa shape index (κ1) is 19.7. The Morgan fingerprint density at radius 3 is 2.24 bits per heavy atom. The number of hydrogen-bond donors (Lipinski definition) is 2. The van der Waals surface area contributed by atoms with Gasteiger partial charge < -0.3 is 11.1 Å². The van der Waals surface area contributed by atoms with Crippen LogP contribution >= 0.6 is 12.4 Å². The second-order valence-corrected chi connectivity index (χ2v) is 4.82. The van der Waals surface area contributed by atoms with Gasteiger partial charge in [0.05, 0.1) is 11.6 Å². The maximum absolute atomic E-state index is 12.4. The standard InChI is InChI=1S/C14H19F3N2O.ClH/c1-3-9(2)12(18)13(20)19-8-10-4-6-11(7-5-10)14(15,16)17;/h4-7,9,12H,3,8,18H2,1-2H3,(H,19,20);1H. The number of amides is 1. The van der Waals surface area contributed by atoms with Gasteiger partial charge in [-0.1, -0.05) is 32.4 Å². The van der Waals surface area contributed by atoms with Crippen molar-refractivity contribution in [1.29, 1.82) is 0 Å². The Hall–Kier alpha value is -1.27. The van der Waals surface area contributed by atoms with E-state index < -0.39 is 17.8 Å². The van der Waals surface area contributed by atoms with Crippen molar-refractivity contribution < 1.29 is 18.0 Å². The Kier molecular flexibility index (Phi) is 7.74. The summed E-state index contributed by atoms with van der Waals surface area (Å²) in [6, 6.07) is 4.08. The molecule has 2 atom stereocenters. The van der Waals surface area contributed by atoms with Crippen LogP contribution in [0.2, 0.25) is 0 Å². The first-order chi connectivity index (χ1) is 9.25. The molecule has 0 spiro atoms. The van der Waals surface area contributed by atoms with Crippen molar-refractivity contribution in [3.8, 4) is 0 Å². The number of rotatable bonds is 5. The molecule has 0 fully saturated rings. The number of nitrogens with two attached hydrogens (primary N) is 1. The van der Waals surface area contributed by atoms with E-state index in [4.69, 9.17) is 5.73 Å². The molecular formula is C14H20ClF3N2O. The molecule has 7 heteroatoms. The number of benzene rings is 1. The summed E-state index contributed by atoms with van der Waals surface area (Å²) in [6.45, 7) is 3.98. The van der Waals surface area contributed by atoms with Crippen molar-refractivity contribution >= 4 is 18.3 Å². The highest BCUT2D eigenvalue weighted by atomic mass is 35.5. The lowest BCUT2D eigenvalue weighted by molar-refractivity contribution is -0.137. The van der Waals surface area contributed by atoms with Gasteiger partial charge >= 0.3 is 6.18 Å². The van der Waals surface area contributed by atoms with Crippen LogP contribution in [0.15, 0.2) is 24.3 Å². The van der Waals surface area contributed by atoms with E-state index in [1.165, 1.54) is 12.1 Å². The van der Waals surface area contributed by atoms with Crippen molar-refractivity contribution in [2.24, 2.45) is 11.7 Å². The number of halogens is 4. The quantitative estimate of drug-likeness (QED) is 0.874. The molecule has 1 aromatic rings. The first-order valence-corrected chi connectivity index (χ1v) is 6.45. The minimum atomic E-state index is -4.35. The van der Waals surface area contributed by atoms with E-state index in [1.807, 2.05) is 13.8 Å². The Bertz CT molecular complexity index is 449. The average molecular weight is 325 g/mol. The van der Waals surface area contributed by atoms with Gasteiger partial charge in [0.1, 0.15) is 0 Å². The zero-order chi connectivity index (χ0) is 15.3. The molecule has 1 rings (SSSR count). The molecule has 3 nitrogen and oxygen atoms in total. The Morgan fingerprint density at radius 1 is 1.29 bits per heavy atom. The van der Waals surface area contributed by atoms with Crippen LogP contribution in [0.4, 0.5) is 13.2 Å². The molecule has 0 aliphatic rings. The zero-order valence-electron chi connectivity index (χ0n) is 11.9. The van der Waals surface area contributed by atoms with E-state index >= 15 is 0 Å². The maximum atomic E-state index is 12.4. The molecule has 21 heavy (non-hydrogen) atoms. The summed E-state index contributed by atoms with van der Waals surface area (Å²) >= 11 is 0. The van der Waals surface area contributed by atoms with Gasteiger partial charge in [0.2, 0.25) is 5.91 Å². The minimum Gasteiger partial charge on any atom is -0.351 e. The summed E-state index contributed by atoms with van der Waals surface area (Å²) in [5, 5.41) is 2.63. The second-order valence-electron chi connectivity index (χ2n) is 4.82. The molecule has 2 unspecified atom stereocenters. The van der Waals surface area contributed by atoms with Gasteiger partial charge in [-0.25, -0.2) is 0 Å². The van der Waals surface area contributed by atoms with Crippen molar-refractivity contribution in [3.63, 3.8) is 0 Å². The molecule has 1 aromatic carbocycles. The molecule has 0 aliphatic heterocycles. The molecular weight excluding hydrogens is 305 g/mol. The summed E-state index contributed by atoms with van der Waals surface area (Å²) in [5.41, 5.74) is 5.65. The fourth-order valence-electron chi connectivity index (χ4n) is 1.63. The summed E-state index contributed by atoms with van der Waals surface area (Å²) < 4.78 is 37.1. The van der Waals surface area contributed by atoms with E-state index in [0.29, 0.717) is 5.56 Å². The third kappa shape index (κ3) is 5.93. The average Bonchev–Trinajstić information content (AvgIpc) is 2.42. The van der Waals surface area contributed by atoms with Gasteiger partial charge in [0.15, 0.2) is 0 Å². The highest BCUT2D eigenvalue weighted by molar-refractivity contribution is 5.85. The summed E-state index contributed by atoms with van der Waals surface area (Å²) in [6.07, 6.45) is -3.56. The number of hydrogen-bond acceptors (Lipinski definition) is 2. The van der Waals surface area contributed by atoms with Crippen LogP contribution < -0.4 is 11.1 Å². The van der Waals surface area contributed by atoms with Crippen LogP contribution in [0.1, 0.15) is 31.4 Å². The van der Waals surface area contributed by atoms with Gasteiger partial charge in [-0.15, -0.1) is 12.4 Å². The van der Waals surface area contributed by atoms with Gasteiger partial charge in [-0.05, 0) is 23.6 Å². The summed E-state index contributed by atoms with van der Waals surface area (Å²) in [5.74, 6) is -0.234. The Labute approximate surface area is 128 Å². The fourth-order valence-corrected chi connectivity index (χ4v) is 1.63. The van der Waals surface area contributed by atoms with Crippen LogP contribution in [0.25, 0.3) is 0 Å². The largest absolute Gasteiger partial charge is 0.416 e. The topological polar surface area (TPSA) is 55.1 Å². The molecule has 0 aromatic heterocycles. The van der Waals surface area contributed by atoms with Crippen molar-refractivity contribution in [3.05, 3.63) is 35.4 Å². The Balaban J connectivity index is 0.00000400. The lowest BCUT2D eigenvalue weighted by Gasteiger charge is -2.17. The minimum absolute atomic E-state index is 0. The van der Waals surface area contributed by atoms with E-state index in [2.05, 4.69) is 5.32 Å². The van der Waals surface area contributed by atoms with E-state index in [0.717, 1.165) is 18.6 Å². The predicted octanol–water partition coefficient (Wildman–Crippen LogP) is 3.12. The molecule has 1 amide bonds. The molecule has 0 heterocycles. The molecule has 0 saturated carbocycles. The highest BCUT2D eigenvalue weighted by Crippen LogP contribution is 2.29. The third-order valence-electron chi connectivity index (χ3n) is 3.31. The maximum Gasteiger partial charge on any atom is 0.416 e. The lowest BCUT2D eigenvalue weighted by Crippen LogP contribution is -2.44. The summed E-state index contributed by atoms with van der Waals surface area (Å²) in [4.78, 5) is 11.7. The SMILES string of the molecule is CCC(C)C(N)C(=O)NCc1ccc(C(F)(F)F)cc1.Cl. The van der Waals surface area contributed by atoms with E-state index in [9.17, 15) is 18.0 Å². The molecule has 0 radical (unpaired) electrons. The van der Waals surface area contributed by atoms with Gasteiger partial charge in [-0.3, -0.25) is 4.79 Å². The molecule has 120 valence electrons. The second kappa shape index (κ2) is 8.24. The van der Waals surface area contributed by atoms with Crippen LogP contribution in [-0.4, -0.2) is 11.9 Å². The molecule has 0 bridgehead atoms. The molecule has 0 saturated heterocycles. The smallest absolute Gasteiger partial charge is 0.351 e. The summed E-state index contributed by atoms with van der Waals surface area (Å²) in [7, 11) is 0. The van der Waals surface area contributed by atoms with Crippen molar-refractivity contribution in [1.82, 2.24) is 5.32 Å². The predicted molar refractivity (Wildman–Crippen MR) is 78.0 cm³/mol. The number of alkyl halides is 3. The molecule has 0 aliphatic carbocycles. The van der Waals surface area contributed by atoms with Crippen LogP contribution in [0, 0.1) is 5.92 Å². The Morgan fingerprint density at radius 2 is 1.81 bits per heavy atom. The number of carbonyl (C=O) groups is 1. The third-order valence-corrected chi connectivity index (χ3v) is 3.31. The van der Waals surface area contributed by atoms with Gasteiger partial charge in [0, 0.05) is 6.54 Å². The van der Waals surface area contributed by atoms with Gasteiger partial charge in [0.25, 0.3) is 0 Å². The van der Waals surface area contributed by atoms with Crippen LogP contribution in [0.5, 0.6) is 0 Å². The number of carbonyl (C=O) groups excluding carboxylic acids is 1. The monoisotopic (exact) mass is 324 g/mol. The van der Waals surface area contributed by atoms with Crippen molar-refractivity contribution in [2.75, 3.05) is 0 Å². The zero-order valence-corrected chi connectivity index (χ0v) is 12.7. The number of nitrogens with one attached hydrogen (secondary N) is 1. The fraction of sp³-hybridized carbons (Fsp3) is 0.500. The molecule has 3 N–H and O–H groups in total. The normalized spacial score (nSPS) is 14.0. The van der Waals surface area contributed by atoms with E-state index in [-0.39, 0.29) is 30.8 Å². The first-order valence-electron chi connectivity index (χ1n) is 6.45. The van der Waals surface area contributed by atoms with E-state index in [1.54, 1.807) is 0 Å². The van der Waals surface area contributed by atoms with Crippen LogP contribution in [0.3, 0.4) is 0 Å². The highest BCUT2D eigenvalue weighted by Gasteiger charge is 2.29. The lowest BCUT2D eigenvalue weighted by atomic mass is 9.99. The van der Waals surface area contributed by atoms with Crippen molar-refractivity contribution in [2.45, 2.75) is 39.0 Å².